The second kappa shape index (κ2) is 8.46. The highest BCUT2D eigenvalue weighted by molar-refractivity contribution is 5.79. The van der Waals surface area contributed by atoms with E-state index < -0.39 is 0 Å². The molecular formula is C21H24N4O4. The van der Waals surface area contributed by atoms with E-state index in [1.165, 1.54) is 0 Å². The molecular weight excluding hydrogens is 372 g/mol. The van der Waals surface area contributed by atoms with Gasteiger partial charge in [-0.15, -0.1) is 0 Å². The van der Waals surface area contributed by atoms with Crippen molar-refractivity contribution in [1.82, 2.24) is 20.2 Å². The van der Waals surface area contributed by atoms with Crippen LogP contribution in [0.4, 0.5) is 0 Å². The van der Waals surface area contributed by atoms with Gasteiger partial charge < -0.3 is 18.7 Å². The number of carbonyl (C=O) groups excluding carboxylic acids is 1. The van der Waals surface area contributed by atoms with Crippen molar-refractivity contribution < 1.29 is 18.6 Å². The Bertz CT molecular complexity index is 947. The number of benzene rings is 1. The monoisotopic (exact) mass is 396 g/mol. The predicted molar refractivity (Wildman–Crippen MR) is 103 cm³/mol. The molecule has 2 aromatic heterocycles. The van der Waals surface area contributed by atoms with E-state index in [-0.39, 0.29) is 18.4 Å². The standard InChI is InChI=1S/C21H24N4O4/c1-14-18(15(2)28-23-14)11-20(26)25-10-6-7-16(12-25)21-22-19(29-24-21)13-27-17-8-4-3-5-9-17/h3-5,8-9,16H,6-7,10-13H2,1-2H3. The van der Waals surface area contributed by atoms with Crippen molar-refractivity contribution in [3.8, 4) is 5.75 Å². The minimum absolute atomic E-state index is 0.0617. The number of nitrogens with zero attached hydrogens (tertiary/aromatic N) is 4. The Kier molecular flexibility index (Phi) is 5.59. The van der Waals surface area contributed by atoms with E-state index in [4.69, 9.17) is 13.8 Å². The second-order valence-electron chi connectivity index (χ2n) is 7.31. The minimum atomic E-state index is 0.0617. The Morgan fingerprint density at radius 1 is 1.21 bits per heavy atom. The minimum Gasteiger partial charge on any atom is -0.484 e. The highest BCUT2D eigenvalue weighted by Crippen LogP contribution is 2.26. The van der Waals surface area contributed by atoms with Crippen molar-refractivity contribution in [2.24, 2.45) is 0 Å². The van der Waals surface area contributed by atoms with Crippen LogP contribution >= 0.6 is 0 Å². The fourth-order valence-corrected chi connectivity index (χ4v) is 3.59. The molecule has 0 N–H and O–H groups in total. The molecule has 4 rings (SSSR count). The molecule has 152 valence electrons. The molecule has 1 aliphatic heterocycles. The van der Waals surface area contributed by atoms with Crippen molar-refractivity contribution >= 4 is 5.91 Å². The maximum atomic E-state index is 12.8. The van der Waals surface area contributed by atoms with Crippen LogP contribution < -0.4 is 4.74 Å². The van der Waals surface area contributed by atoms with Crippen LogP contribution in [0.25, 0.3) is 0 Å². The molecule has 0 spiro atoms. The average molecular weight is 396 g/mol. The molecule has 1 aromatic carbocycles. The zero-order valence-corrected chi connectivity index (χ0v) is 16.6. The van der Waals surface area contributed by atoms with Crippen LogP contribution in [0, 0.1) is 13.8 Å². The summed E-state index contributed by atoms with van der Waals surface area (Å²) in [5, 5.41) is 8.05. The molecule has 29 heavy (non-hydrogen) atoms. The zero-order valence-electron chi connectivity index (χ0n) is 16.6. The third-order valence-electron chi connectivity index (χ3n) is 5.24. The number of ether oxygens (including phenoxy) is 1. The molecule has 1 saturated heterocycles. The Labute approximate surface area is 168 Å². The van der Waals surface area contributed by atoms with E-state index >= 15 is 0 Å². The van der Waals surface area contributed by atoms with Gasteiger partial charge in [-0.3, -0.25) is 4.79 Å². The molecule has 0 bridgehead atoms. The Balaban J connectivity index is 1.36. The van der Waals surface area contributed by atoms with Gasteiger partial charge in [0.1, 0.15) is 11.5 Å². The van der Waals surface area contributed by atoms with Gasteiger partial charge in [-0.1, -0.05) is 28.5 Å². The summed E-state index contributed by atoms with van der Waals surface area (Å²) in [7, 11) is 0. The lowest BCUT2D eigenvalue weighted by atomic mass is 9.96. The van der Waals surface area contributed by atoms with Crippen molar-refractivity contribution in [3.63, 3.8) is 0 Å². The van der Waals surface area contributed by atoms with Crippen molar-refractivity contribution in [3.05, 3.63) is 59.1 Å². The van der Waals surface area contributed by atoms with Crippen molar-refractivity contribution in [1.29, 1.82) is 0 Å². The van der Waals surface area contributed by atoms with Crippen LogP contribution in [0.3, 0.4) is 0 Å². The van der Waals surface area contributed by atoms with Crippen LogP contribution in [-0.2, 0) is 17.8 Å². The Morgan fingerprint density at radius 2 is 2.03 bits per heavy atom. The summed E-state index contributed by atoms with van der Waals surface area (Å²) < 4.78 is 16.2. The molecule has 0 radical (unpaired) electrons. The topological polar surface area (TPSA) is 94.5 Å². The van der Waals surface area contributed by atoms with E-state index in [2.05, 4.69) is 15.3 Å². The third kappa shape index (κ3) is 4.47. The number of rotatable bonds is 6. The molecule has 0 aliphatic carbocycles. The average Bonchev–Trinajstić information content (AvgIpc) is 3.35. The number of hydrogen-bond acceptors (Lipinski definition) is 7. The van der Waals surface area contributed by atoms with Crippen LogP contribution in [0.5, 0.6) is 5.75 Å². The van der Waals surface area contributed by atoms with E-state index in [0.717, 1.165) is 36.4 Å². The molecule has 1 atom stereocenters. The summed E-state index contributed by atoms with van der Waals surface area (Å²) >= 11 is 0. The SMILES string of the molecule is Cc1noc(C)c1CC(=O)N1CCCC(c2noc(COc3ccccc3)n2)C1. The summed E-state index contributed by atoms with van der Waals surface area (Å²) in [5.74, 6) is 2.65. The predicted octanol–water partition coefficient (Wildman–Crippen LogP) is 3.20. The first-order valence-corrected chi connectivity index (χ1v) is 9.80. The fourth-order valence-electron chi connectivity index (χ4n) is 3.59. The van der Waals surface area contributed by atoms with Gasteiger partial charge in [0.15, 0.2) is 12.4 Å². The number of carbonyl (C=O) groups is 1. The molecule has 1 fully saturated rings. The van der Waals surface area contributed by atoms with E-state index in [9.17, 15) is 4.79 Å². The summed E-state index contributed by atoms with van der Waals surface area (Å²) in [6, 6.07) is 9.50. The highest BCUT2D eigenvalue weighted by atomic mass is 16.5. The second-order valence-corrected chi connectivity index (χ2v) is 7.31. The maximum Gasteiger partial charge on any atom is 0.264 e. The Hall–Kier alpha value is -3.16. The van der Waals surface area contributed by atoms with Gasteiger partial charge in [-0.2, -0.15) is 4.98 Å². The quantitative estimate of drug-likeness (QED) is 0.631. The van der Waals surface area contributed by atoms with Gasteiger partial charge in [0.05, 0.1) is 12.1 Å². The van der Waals surface area contributed by atoms with Gasteiger partial charge in [0.25, 0.3) is 5.89 Å². The molecule has 8 nitrogen and oxygen atoms in total. The van der Waals surface area contributed by atoms with E-state index in [1.54, 1.807) is 0 Å². The van der Waals surface area contributed by atoms with Crippen molar-refractivity contribution in [2.45, 2.75) is 45.6 Å². The Morgan fingerprint density at radius 3 is 2.79 bits per heavy atom. The molecule has 3 heterocycles. The van der Waals surface area contributed by atoms with Gasteiger partial charge >= 0.3 is 0 Å². The smallest absolute Gasteiger partial charge is 0.264 e. The summed E-state index contributed by atoms with van der Waals surface area (Å²) in [6.07, 6.45) is 2.13. The first kappa shape index (κ1) is 19.2. The van der Waals surface area contributed by atoms with Crippen LogP contribution in [0.15, 0.2) is 39.4 Å². The number of para-hydroxylation sites is 1. The normalized spacial score (nSPS) is 16.8. The first-order chi connectivity index (χ1) is 14.1. The first-order valence-electron chi connectivity index (χ1n) is 9.80. The number of aromatic nitrogens is 3. The van der Waals surface area contributed by atoms with Crippen LogP contribution in [0.2, 0.25) is 0 Å². The number of amides is 1. The zero-order chi connectivity index (χ0) is 20.2. The number of hydrogen-bond donors (Lipinski definition) is 0. The highest BCUT2D eigenvalue weighted by Gasteiger charge is 2.29. The van der Waals surface area contributed by atoms with Crippen molar-refractivity contribution in [2.75, 3.05) is 13.1 Å². The summed E-state index contributed by atoms with van der Waals surface area (Å²) in [6.45, 7) is 5.23. The van der Waals surface area contributed by atoms with Gasteiger partial charge in [0, 0.05) is 24.6 Å². The number of aryl methyl sites for hydroxylation is 2. The molecule has 1 aliphatic rings. The van der Waals surface area contributed by atoms with Gasteiger partial charge in [-0.05, 0) is 38.8 Å². The van der Waals surface area contributed by atoms with Crippen LogP contribution in [0.1, 0.15) is 47.5 Å². The molecule has 1 amide bonds. The molecule has 0 saturated carbocycles. The van der Waals surface area contributed by atoms with Gasteiger partial charge in [-0.25, -0.2) is 0 Å². The maximum absolute atomic E-state index is 12.8. The number of likely N-dealkylation sites (tertiary alicyclic amines) is 1. The third-order valence-corrected chi connectivity index (χ3v) is 5.24. The van der Waals surface area contributed by atoms with E-state index in [0.29, 0.717) is 30.4 Å². The molecule has 8 heteroatoms. The lowest BCUT2D eigenvalue weighted by Gasteiger charge is -2.31. The van der Waals surface area contributed by atoms with Crippen LogP contribution in [-0.4, -0.2) is 39.2 Å². The molecule has 3 aromatic rings. The summed E-state index contributed by atoms with van der Waals surface area (Å²) in [4.78, 5) is 19.1. The van der Waals surface area contributed by atoms with E-state index in [1.807, 2.05) is 49.1 Å². The lowest BCUT2D eigenvalue weighted by Crippen LogP contribution is -2.40. The molecule has 1 unspecified atom stereocenters. The summed E-state index contributed by atoms with van der Waals surface area (Å²) in [5.41, 5.74) is 1.64. The number of piperidine rings is 1. The fraction of sp³-hybridized carbons (Fsp3) is 0.429. The lowest BCUT2D eigenvalue weighted by molar-refractivity contribution is -0.131. The van der Waals surface area contributed by atoms with Gasteiger partial charge in [0.2, 0.25) is 5.91 Å². The largest absolute Gasteiger partial charge is 0.484 e.